The van der Waals surface area contributed by atoms with E-state index in [0.717, 1.165) is 0 Å². The Morgan fingerprint density at radius 3 is 2.50 bits per heavy atom. The number of fused-ring (bicyclic) bond motifs is 6. The van der Waals surface area contributed by atoms with Crippen LogP contribution in [0.2, 0.25) is 0 Å². The highest BCUT2D eigenvalue weighted by Crippen LogP contribution is 2.38. The molecule has 0 amide bonds. The molecule has 28 heavy (non-hydrogen) atoms. The molecule has 0 fully saturated rings. The van der Waals surface area contributed by atoms with E-state index in [9.17, 15) is 0 Å². The molecular formula is C24H17N2S2+. The fourth-order valence-corrected chi connectivity index (χ4v) is 6.63. The number of hydrogen-bond donors (Lipinski definition) is 0. The number of pyridine rings is 2. The van der Waals surface area contributed by atoms with Gasteiger partial charge in [-0.15, -0.1) is 22.7 Å². The highest BCUT2D eigenvalue weighted by Gasteiger charge is 2.19. The Bertz CT molecular complexity index is 1540. The highest BCUT2D eigenvalue weighted by atomic mass is 32.1. The lowest BCUT2D eigenvalue weighted by atomic mass is 10.1. The number of aromatic nitrogens is 2. The van der Waals surface area contributed by atoms with Gasteiger partial charge in [-0.05, 0) is 32.0 Å². The summed E-state index contributed by atoms with van der Waals surface area (Å²) in [6.45, 7) is 4.46. The van der Waals surface area contributed by atoms with Crippen LogP contribution in [0.25, 0.3) is 46.0 Å². The van der Waals surface area contributed by atoms with E-state index in [-0.39, 0.29) is 0 Å². The second kappa shape index (κ2) is 5.84. The lowest BCUT2D eigenvalue weighted by Crippen LogP contribution is -2.31. The zero-order valence-corrected chi connectivity index (χ0v) is 17.2. The van der Waals surface area contributed by atoms with E-state index >= 15 is 0 Å². The third-order valence-corrected chi connectivity index (χ3v) is 7.77. The van der Waals surface area contributed by atoms with Crippen molar-refractivity contribution >= 4 is 63.0 Å². The Balaban J connectivity index is 1.66. The van der Waals surface area contributed by atoms with Gasteiger partial charge in [0.25, 0.3) is 0 Å². The quantitative estimate of drug-likeness (QED) is 0.282. The van der Waals surface area contributed by atoms with Gasteiger partial charge in [0.05, 0.1) is 4.70 Å². The molecule has 0 saturated heterocycles. The Morgan fingerprint density at radius 1 is 0.750 bits per heavy atom. The van der Waals surface area contributed by atoms with Crippen LogP contribution in [0.5, 0.6) is 0 Å². The average molecular weight is 398 g/mol. The summed E-state index contributed by atoms with van der Waals surface area (Å²) in [5.41, 5.74) is 3.88. The second-order valence-electron chi connectivity index (χ2n) is 7.24. The molecule has 4 heterocycles. The maximum atomic E-state index is 4.29. The van der Waals surface area contributed by atoms with Crippen LogP contribution in [0, 0.1) is 13.8 Å². The van der Waals surface area contributed by atoms with Gasteiger partial charge in [-0.3, -0.25) is 4.98 Å². The minimum Gasteiger partial charge on any atom is -0.263 e. The van der Waals surface area contributed by atoms with Gasteiger partial charge in [-0.25, -0.2) is 0 Å². The molecule has 0 bridgehead atoms. The number of benzene rings is 2. The smallest absolute Gasteiger partial charge is 0.214 e. The lowest BCUT2D eigenvalue weighted by molar-refractivity contribution is -0.594. The summed E-state index contributed by atoms with van der Waals surface area (Å²) < 4.78 is 7.55. The maximum absolute atomic E-state index is 4.29. The Kier molecular flexibility index (Phi) is 3.37. The first-order chi connectivity index (χ1) is 13.7. The molecule has 0 N–H and O–H groups in total. The zero-order valence-electron chi connectivity index (χ0n) is 15.6. The summed E-state index contributed by atoms with van der Waals surface area (Å²) in [6, 6.07) is 15.3. The number of thiophene rings is 2. The molecule has 134 valence electrons. The number of hydrogen-bond acceptors (Lipinski definition) is 3. The Labute approximate surface area is 170 Å². The summed E-state index contributed by atoms with van der Waals surface area (Å²) >= 11 is 3.69. The van der Waals surface area contributed by atoms with E-state index in [1.807, 2.05) is 35.1 Å². The highest BCUT2D eigenvalue weighted by molar-refractivity contribution is 7.26. The third-order valence-electron chi connectivity index (χ3n) is 5.56. The van der Waals surface area contributed by atoms with Gasteiger partial charge in [0.1, 0.15) is 4.70 Å². The summed E-state index contributed by atoms with van der Waals surface area (Å²) in [5, 5.41) is 5.38. The molecule has 0 saturated carbocycles. The van der Waals surface area contributed by atoms with Gasteiger partial charge in [0, 0.05) is 60.5 Å². The fourth-order valence-electron chi connectivity index (χ4n) is 4.30. The van der Waals surface area contributed by atoms with Crippen LogP contribution in [0.1, 0.15) is 11.1 Å². The van der Waals surface area contributed by atoms with E-state index in [2.05, 4.69) is 78.3 Å². The van der Waals surface area contributed by atoms with E-state index in [1.54, 1.807) is 0 Å². The van der Waals surface area contributed by atoms with Crippen LogP contribution in [0.15, 0.2) is 67.3 Å². The van der Waals surface area contributed by atoms with Crippen LogP contribution in [0.3, 0.4) is 0 Å². The summed E-state index contributed by atoms with van der Waals surface area (Å²) in [6.07, 6.45) is 8.42. The summed E-state index contributed by atoms with van der Waals surface area (Å²) in [4.78, 5) is 4.29. The van der Waals surface area contributed by atoms with Gasteiger partial charge in [-0.2, -0.15) is 4.57 Å². The SMILES string of the molecule is Cc1c[n+](-c2ccc3sc4cnccc4c3c2C)cc2sc3ccccc3c12. The van der Waals surface area contributed by atoms with Crippen molar-refractivity contribution < 1.29 is 4.57 Å². The minimum atomic E-state index is 1.24. The molecule has 4 heteroatoms. The first-order valence-corrected chi connectivity index (χ1v) is 10.9. The van der Waals surface area contributed by atoms with Crippen LogP contribution in [-0.4, -0.2) is 4.98 Å². The van der Waals surface area contributed by atoms with Gasteiger partial charge >= 0.3 is 0 Å². The number of rotatable bonds is 1. The molecule has 4 aromatic heterocycles. The average Bonchev–Trinajstić information content (AvgIpc) is 3.26. The van der Waals surface area contributed by atoms with Crippen LogP contribution >= 0.6 is 22.7 Å². The van der Waals surface area contributed by atoms with E-state index in [0.29, 0.717) is 0 Å². The molecule has 6 rings (SSSR count). The van der Waals surface area contributed by atoms with Gasteiger partial charge in [0.15, 0.2) is 12.4 Å². The van der Waals surface area contributed by atoms with Crippen molar-refractivity contribution in [3.05, 3.63) is 78.4 Å². The molecule has 0 aliphatic carbocycles. The number of nitrogens with zero attached hydrogens (tertiary/aromatic N) is 2. The molecule has 0 atom stereocenters. The van der Waals surface area contributed by atoms with E-state index in [4.69, 9.17) is 0 Å². The van der Waals surface area contributed by atoms with Crippen molar-refractivity contribution in [1.29, 1.82) is 0 Å². The van der Waals surface area contributed by atoms with Crippen molar-refractivity contribution in [3.8, 4) is 5.69 Å². The third kappa shape index (κ3) is 2.19. The topological polar surface area (TPSA) is 16.8 Å². The molecule has 0 spiro atoms. The predicted octanol–water partition coefficient (Wildman–Crippen LogP) is 6.71. The van der Waals surface area contributed by atoms with Crippen molar-refractivity contribution in [2.45, 2.75) is 13.8 Å². The predicted molar refractivity (Wildman–Crippen MR) is 121 cm³/mol. The Morgan fingerprint density at radius 2 is 1.57 bits per heavy atom. The second-order valence-corrected chi connectivity index (χ2v) is 9.41. The minimum absolute atomic E-state index is 1.24. The van der Waals surface area contributed by atoms with Gasteiger partial charge < -0.3 is 0 Å². The molecule has 0 radical (unpaired) electrons. The monoisotopic (exact) mass is 397 g/mol. The van der Waals surface area contributed by atoms with Crippen molar-refractivity contribution in [2.24, 2.45) is 0 Å². The molecule has 0 aliphatic heterocycles. The normalized spacial score (nSPS) is 11.9. The number of aryl methyl sites for hydroxylation is 2. The Hall–Kier alpha value is -2.82. The largest absolute Gasteiger partial charge is 0.263 e. The van der Waals surface area contributed by atoms with Crippen LogP contribution < -0.4 is 4.57 Å². The maximum Gasteiger partial charge on any atom is 0.214 e. The fraction of sp³-hybridized carbons (Fsp3) is 0.0833. The molecule has 0 aliphatic rings. The standard InChI is InChI=1S/C24H17N2S2/c1-14-12-26(13-22-23(14)16-5-3-4-6-19(16)27-22)18-7-8-20-24(15(18)2)17-9-10-25-11-21(17)28-20/h3-13H,1-2H3/q+1. The molecule has 2 nitrogen and oxygen atoms in total. The van der Waals surface area contributed by atoms with Crippen molar-refractivity contribution in [1.82, 2.24) is 4.98 Å². The summed E-state index contributed by atoms with van der Waals surface area (Å²) in [7, 11) is 0. The van der Waals surface area contributed by atoms with E-state index in [1.165, 1.54) is 57.2 Å². The van der Waals surface area contributed by atoms with Crippen molar-refractivity contribution in [2.75, 3.05) is 0 Å². The van der Waals surface area contributed by atoms with Gasteiger partial charge in [-0.1, -0.05) is 18.2 Å². The zero-order chi connectivity index (χ0) is 18.8. The van der Waals surface area contributed by atoms with Crippen molar-refractivity contribution in [3.63, 3.8) is 0 Å². The first kappa shape index (κ1) is 16.2. The van der Waals surface area contributed by atoms with Crippen LogP contribution in [-0.2, 0) is 0 Å². The molecular weight excluding hydrogens is 380 g/mol. The van der Waals surface area contributed by atoms with Gasteiger partial charge in [0.2, 0.25) is 5.69 Å². The lowest BCUT2D eigenvalue weighted by Gasteiger charge is -2.04. The molecule has 2 aromatic carbocycles. The van der Waals surface area contributed by atoms with E-state index < -0.39 is 0 Å². The first-order valence-electron chi connectivity index (χ1n) is 9.30. The van der Waals surface area contributed by atoms with Crippen LogP contribution in [0.4, 0.5) is 0 Å². The molecule has 6 aromatic rings. The molecule has 0 unspecified atom stereocenters. The summed E-state index contributed by atoms with van der Waals surface area (Å²) in [5.74, 6) is 0.